The van der Waals surface area contributed by atoms with Gasteiger partial charge in [0.25, 0.3) is 0 Å². The zero-order valence-electron chi connectivity index (χ0n) is 10.5. The van der Waals surface area contributed by atoms with Crippen LogP contribution >= 0.6 is 23.1 Å². The Bertz CT molecular complexity index is 602. The maximum Gasteiger partial charge on any atom is 0.193 e. The molecule has 0 radical (unpaired) electrons. The topological polar surface area (TPSA) is 29.3 Å². The van der Waals surface area contributed by atoms with Crippen LogP contribution in [-0.4, -0.2) is 21.7 Å². The molecule has 3 rings (SSSR count). The van der Waals surface area contributed by atoms with Gasteiger partial charge in [0.05, 0.1) is 5.69 Å². The third-order valence-electron chi connectivity index (χ3n) is 2.74. The van der Waals surface area contributed by atoms with E-state index in [-0.39, 0.29) is 0 Å². The molecule has 98 valence electrons. The molecule has 1 N–H and O–H groups in total. The van der Waals surface area contributed by atoms with Gasteiger partial charge in [0, 0.05) is 41.5 Å². The van der Waals surface area contributed by atoms with Crippen molar-refractivity contribution < 1.29 is 0 Å². The number of thiazole rings is 1. The summed E-state index contributed by atoms with van der Waals surface area (Å²) in [5.74, 6) is 1.08. The van der Waals surface area contributed by atoms with Gasteiger partial charge in [-0.2, -0.15) is 0 Å². The van der Waals surface area contributed by atoms with Gasteiger partial charge in [-0.1, -0.05) is 18.2 Å². The number of hydrogen-bond acceptors (Lipinski definition) is 4. The summed E-state index contributed by atoms with van der Waals surface area (Å²) in [6, 6.07) is 10.5. The molecule has 0 amide bonds. The minimum absolute atomic E-state index is 0.837. The number of thioether (sulfide) groups is 1. The Hall–Kier alpha value is -1.30. The maximum absolute atomic E-state index is 4.54. The van der Waals surface area contributed by atoms with Crippen LogP contribution < -0.4 is 5.32 Å². The van der Waals surface area contributed by atoms with Crippen molar-refractivity contribution in [1.82, 2.24) is 14.7 Å². The van der Waals surface area contributed by atoms with Crippen LogP contribution in [0.15, 0.2) is 53.0 Å². The van der Waals surface area contributed by atoms with Crippen molar-refractivity contribution in [1.29, 1.82) is 0 Å². The summed E-state index contributed by atoms with van der Waals surface area (Å²) in [5, 5.41) is 5.48. The Morgan fingerprint density at radius 2 is 2.16 bits per heavy atom. The smallest absolute Gasteiger partial charge is 0.193 e. The fourth-order valence-corrected chi connectivity index (χ4v) is 3.39. The van der Waals surface area contributed by atoms with E-state index >= 15 is 0 Å². The van der Waals surface area contributed by atoms with Gasteiger partial charge >= 0.3 is 0 Å². The van der Waals surface area contributed by atoms with Gasteiger partial charge < -0.3 is 5.32 Å². The van der Waals surface area contributed by atoms with Crippen LogP contribution in [-0.2, 0) is 6.54 Å². The van der Waals surface area contributed by atoms with E-state index in [2.05, 4.69) is 50.5 Å². The number of rotatable bonds is 6. The summed E-state index contributed by atoms with van der Waals surface area (Å²) >= 11 is 3.55. The zero-order valence-corrected chi connectivity index (χ0v) is 12.1. The van der Waals surface area contributed by atoms with Gasteiger partial charge in [-0.25, -0.2) is 4.98 Å². The minimum atomic E-state index is 0.837. The Morgan fingerprint density at radius 3 is 3.00 bits per heavy atom. The number of aromatic nitrogens is 2. The highest BCUT2D eigenvalue weighted by Gasteiger charge is 2.01. The van der Waals surface area contributed by atoms with E-state index in [4.69, 9.17) is 0 Å². The van der Waals surface area contributed by atoms with Gasteiger partial charge in [0.15, 0.2) is 4.96 Å². The molecule has 19 heavy (non-hydrogen) atoms. The highest BCUT2D eigenvalue weighted by Crippen LogP contribution is 2.16. The minimum Gasteiger partial charge on any atom is -0.310 e. The van der Waals surface area contributed by atoms with Crippen molar-refractivity contribution in [2.75, 3.05) is 12.3 Å². The molecule has 2 heterocycles. The molecule has 0 saturated carbocycles. The van der Waals surface area contributed by atoms with E-state index < -0.39 is 0 Å². The molecule has 0 aliphatic heterocycles. The number of nitrogens with one attached hydrogen (secondary N) is 1. The highest BCUT2D eigenvalue weighted by atomic mass is 32.2. The van der Waals surface area contributed by atoms with E-state index in [1.165, 1.54) is 4.90 Å². The Kier molecular flexibility index (Phi) is 4.17. The summed E-state index contributed by atoms with van der Waals surface area (Å²) in [6.45, 7) is 1.83. The number of benzene rings is 1. The van der Waals surface area contributed by atoms with Crippen LogP contribution in [0.2, 0.25) is 0 Å². The number of hydrogen-bond donors (Lipinski definition) is 1. The van der Waals surface area contributed by atoms with E-state index in [0.717, 1.165) is 29.5 Å². The first-order valence-corrected chi connectivity index (χ1v) is 8.08. The summed E-state index contributed by atoms with van der Waals surface area (Å²) in [7, 11) is 0. The van der Waals surface area contributed by atoms with E-state index in [1.807, 2.05) is 24.0 Å². The molecule has 0 spiro atoms. The van der Waals surface area contributed by atoms with Crippen molar-refractivity contribution in [3.63, 3.8) is 0 Å². The van der Waals surface area contributed by atoms with Crippen LogP contribution in [0.4, 0.5) is 0 Å². The Balaban J connectivity index is 1.40. The molecule has 2 aromatic heterocycles. The van der Waals surface area contributed by atoms with Crippen LogP contribution in [0.25, 0.3) is 4.96 Å². The molecule has 0 saturated heterocycles. The first-order valence-electron chi connectivity index (χ1n) is 6.21. The second kappa shape index (κ2) is 6.23. The Morgan fingerprint density at radius 1 is 1.26 bits per heavy atom. The highest BCUT2D eigenvalue weighted by molar-refractivity contribution is 7.99. The molecule has 0 atom stereocenters. The van der Waals surface area contributed by atoms with Gasteiger partial charge in [0.1, 0.15) is 0 Å². The molecule has 0 fully saturated rings. The van der Waals surface area contributed by atoms with Crippen LogP contribution in [0, 0.1) is 0 Å². The molecule has 0 unspecified atom stereocenters. The lowest BCUT2D eigenvalue weighted by Crippen LogP contribution is -2.16. The molecule has 5 heteroatoms. The van der Waals surface area contributed by atoms with E-state index in [9.17, 15) is 0 Å². The first-order chi connectivity index (χ1) is 9.42. The van der Waals surface area contributed by atoms with Crippen molar-refractivity contribution in [2.45, 2.75) is 11.4 Å². The average molecular weight is 289 g/mol. The molecule has 0 aliphatic rings. The third-order valence-corrected chi connectivity index (χ3v) is 4.52. The van der Waals surface area contributed by atoms with Crippen molar-refractivity contribution >= 4 is 28.1 Å². The van der Waals surface area contributed by atoms with E-state index in [0.29, 0.717) is 0 Å². The second-order valence-corrected chi connectivity index (χ2v) is 6.20. The van der Waals surface area contributed by atoms with Crippen LogP contribution in [0.1, 0.15) is 5.69 Å². The largest absolute Gasteiger partial charge is 0.310 e. The normalized spacial score (nSPS) is 11.2. The van der Waals surface area contributed by atoms with Crippen LogP contribution in [0.5, 0.6) is 0 Å². The van der Waals surface area contributed by atoms with Gasteiger partial charge in [0.2, 0.25) is 0 Å². The molecule has 3 nitrogen and oxygen atoms in total. The van der Waals surface area contributed by atoms with Crippen LogP contribution in [0.3, 0.4) is 0 Å². The lowest BCUT2D eigenvalue weighted by atomic mass is 10.4. The average Bonchev–Trinajstić information content (AvgIpc) is 3.00. The van der Waals surface area contributed by atoms with Gasteiger partial charge in [-0.3, -0.25) is 4.40 Å². The van der Waals surface area contributed by atoms with E-state index in [1.54, 1.807) is 11.3 Å². The number of nitrogens with zero attached hydrogens (tertiary/aromatic N) is 2. The molecular weight excluding hydrogens is 274 g/mol. The quantitative estimate of drug-likeness (QED) is 0.558. The molecular formula is C14H15N3S2. The molecule has 0 aliphatic carbocycles. The monoisotopic (exact) mass is 289 g/mol. The first kappa shape index (κ1) is 12.7. The summed E-state index contributed by atoms with van der Waals surface area (Å²) in [5.41, 5.74) is 1.11. The standard InChI is InChI=1S/C14H15N3S2/c1-2-4-13(5-3-1)18-8-6-15-10-12-11-17-7-9-19-14(17)16-12/h1-5,7,9,11,15H,6,8,10H2. The summed E-state index contributed by atoms with van der Waals surface area (Å²) in [4.78, 5) is 6.93. The third kappa shape index (κ3) is 3.37. The SMILES string of the molecule is c1ccc(SCCNCc2cn3ccsc3n2)cc1. The summed E-state index contributed by atoms with van der Waals surface area (Å²) in [6.07, 6.45) is 4.13. The predicted molar refractivity (Wildman–Crippen MR) is 81.9 cm³/mol. The lowest BCUT2D eigenvalue weighted by Gasteiger charge is -2.02. The summed E-state index contributed by atoms with van der Waals surface area (Å²) < 4.78 is 2.07. The number of fused-ring (bicyclic) bond motifs is 1. The Labute approximate surface area is 120 Å². The molecule has 1 aromatic carbocycles. The fraction of sp³-hybridized carbons (Fsp3) is 0.214. The van der Waals surface area contributed by atoms with Crippen molar-refractivity contribution in [3.8, 4) is 0 Å². The number of imidazole rings is 1. The van der Waals surface area contributed by atoms with Gasteiger partial charge in [-0.15, -0.1) is 23.1 Å². The van der Waals surface area contributed by atoms with Crippen molar-refractivity contribution in [2.24, 2.45) is 0 Å². The zero-order chi connectivity index (χ0) is 12.9. The molecule has 3 aromatic rings. The van der Waals surface area contributed by atoms with Gasteiger partial charge in [-0.05, 0) is 12.1 Å². The maximum atomic E-state index is 4.54. The van der Waals surface area contributed by atoms with Crippen molar-refractivity contribution in [3.05, 3.63) is 53.8 Å². The lowest BCUT2D eigenvalue weighted by molar-refractivity contribution is 0.719. The fourth-order valence-electron chi connectivity index (χ4n) is 1.84. The molecule has 0 bridgehead atoms. The predicted octanol–water partition coefficient (Wildman–Crippen LogP) is 3.28. The second-order valence-electron chi connectivity index (χ2n) is 4.16.